The van der Waals surface area contributed by atoms with Crippen LogP contribution in [-0.4, -0.2) is 79.5 Å². The number of likely N-dealkylation sites (tertiary alicyclic amines) is 2. The summed E-state index contributed by atoms with van der Waals surface area (Å²) in [7, 11) is 0. The number of nitrogens with zero attached hydrogens (tertiary/aromatic N) is 2. The molecule has 10 nitrogen and oxygen atoms in total. The number of ketones is 2. The van der Waals surface area contributed by atoms with Gasteiger partial charge < -0.3 is 19.3 Å². The van der Waals surface area contributed by atoms with Crippen LogP contribution < -0.4 is 0 Å². The number of unbranched alkanes of at least 4 members (excludes halogenated alkanes) is 1. The van der Waals surface area contributed by atoms with E-state index >= 15 is 0 Å². The van der Waals surface area contributed by atoms with Crippen LogP contribution in [0.2, 0.25) is 0 Å². The summed E-state index contributed by atoms with van der Waals surface area (Å²) in [6.45, 7) is 15.0. The number of hydrogen-bond acceptors (Lipinski definition) is 8. The van der Waals surface area contributed by atoms with Gasteiger partial charge >= 0.3 is 11.9 Å². The van der Waals surface area contributed by atoms with Crippen LogP contribution in [0.15, 0.2) is 60.7 Å². The first kappa shape index (κ1) is 38.5. The summed E-state index contributed by atoms with van der Waals surface area (Å²) in [5.74, 6) is -3.03. The van der Waals surface area contributed by atoms with Gasteiger partial charge in [-0.25, -0.2) is 0 Å². The molecule has 2 aliphatic heterocycles. The molecule has 0 bridgehead atoms. The first-order chi connectivity index (χ1) is 23.2. The van der Waals surface area contributed by atoms with Crippen LogP contribution in [0.3, 0.4) is 0 Å². The summed E-state index contributed by atoms with van der Waals surface area (Å²) < 4.78 is 11.7. The van der Waals surface area contributed by atoms with Crippen molar-refractivity contribution in [2.75, 3.05) is 0 Å². The number of piperidine rings is 2. The lowest BCUT2D eigenvalue weighted by atomic mass is 9.77. The second-order valence-electron chi connectivity index (χ2n) is 16.2. The minimum Gasteiger partial charge on any atom is -0.462 e. The van der Waals surface area contributed by atoms with E-state index in [2.05, 4.69) is 0 Å². The second kappa shape index (κ2) is 14.9. The Kier molecular flexibility index (Phi) is 11.4. The highest BCUT2D eigenvalue weighted by molar-refractivity contribution is 6.43. The molecule has 2 amide bonds. The third-order valence-electron chi connectivity index (χ3n) is 9.80. The highest BCUT2D eigenvalue weighted by atomic mass is 16.5. The van der Waals surface area contributed by atoms with E-state index in [1.165, 1.54) is 0 Å². The van der Waals surface area contributed by atoms with E-state index in [4.69, 9.17) is 9.47 Å². The molecule has 2 aromatic carbocycles. The van der Waals surface area contributed by atoms with Crippen LogP contribution >= 0.6 is 0 Å². The number of rotatable bonds is 11. The molecule has 2 aliphatic rings. The molecule has 50 heavy (non-hydrogen) atoms. The van der Waals surface area contributed by atoms with Gasteiger partial charge in [0.15, 0.2) is 0 Å². The molecule has 0 aliphatic carbocycles. The number of amides is 2. The molecular weight excluding hydrogens is 636 g/mol. The van der Waals surface area contributed by atoms with Crippen LogP contribution in [0, 0.1) is 0 Å². The van der Waals surface area contributed by atoms with E-state index < -0.39 is 57.7 Å². The van der Waals surface area contributed by atoms with Gasteiger partial charge in [-0.05, 0) is 68.2 Å². The molecule has 2 fully saturated rings. The zero-order valence-corrected chi connectivity index (χ0v) is 30.7. The van der Waals surface area contributed by atoms with Crippen molar-refractivity contribution in [3.8, 4) is 0 Å². The number of carbonyl (C=O) groups excluding carboxylic acids is 6. The molecule has 0 N–H and O–H groups in total. The van der Waals surface area contributed by atoms with Gasteiger partial charge in [0.25, 0.3) is 11.8 Å². The third kappa shape index (κ3) is 8.87. The smallest absolute Gasteiger partial charge is 0.306 e. The first-order valence-electron chi connectivity index (χ1n) is 17.5. The number of carbonyl (C=O) groups is 6. The number of esters is 2. The number of benzene rings is 2. The average Bonchev–Trinajstić information content (AvgIpc) is 3.00. The van der Waals surface area contributed by atoms with Gasteiger partial charge in [-0.2, -0.15) is 0 Å². The molecule has 2 saturated heterocycles. The molecule has 2 aromatic rings. The summed E-state index contributed by atoms with van der Waals surface area (Å²) in [5.41, 5.74) is -2.26. The van der Waals surface area contributed by atoms with E-state index in [-0.39, 0.29) is 24.8 Å². The molecule has 0 saturated carbocycles. The molecule has 2 heterocycles. The number of hydrogen-bond donors (Lipinski definition) is 0. The van der Waals surface area contributed by atoms with Gasteiger partial charge in [0, 0.05) is 71.8 Å². The van der Waals surface area contributed by atoms with Crippen LogP contribution in [0.1, 0.15) is 127 Å². The molecule has 0 aromatic heterocycles. The number of ether oxygens (including phenoxy) is 2. The van der Waals surface area contributed by atoms with Crippen molar-refractivity contribution in [2.45, 2.75) is 141 Å². The van der Waals surface area contributed by atoms with Gasteiger partial charge in [0.05, 0.1) is 0 Å². The summed E-state index contributed by atoms with van der Waals surface area (Å²) in [5, 5.41) is 0. The standard InChI is InChI=1S/C40H52N2O8/c1-37(2)23-29(24-38(3,4)41(37)35(47)33(45)27-17-11-9-12-18-27)49-31(43)21-15-16-22-32(44)50-30-25-39(5,6)42(40(7,8)26-30)36(48)34(46)28-19-13-10-14-20-28/h9-14,17-20,29-30H,15-16,21-26H2,1-8H3. The van der Waals surface area contributed by atoms with Crippen molar-refractivity contribution in [1.29, 1.82) is 0 Å². The predicted molar refractivity (Wildman–Crippen MR) is 188 cm³/mol. The minimum absolute atomic E-state index is 0.135. The van der Waals surface area contributed by atoms with E-state index in [1.54, 1.807) is 70.5 Å². The lowest BCUT2D eigenvalue weighted by Gasteiger charge is -2.54. The van der Waals surface area contributed by atoms with E-state index in [9.17, 15) is 28.8 Å². The van der Waals surface area contributed by atoms with Crippen molar-refractivity contribution >= 4 is 35.3 Å². The predicted octanol–water partition coefficient (Wildman–Crippen LogP) is 6.50. The first-order valence-corrected chi connectivity index (χ1v) is 17.5. The second-order valence-corrected chi connectivity index (χ2v) is 16.2. The highest BCUT2D eigenvalue weighted by Gasteiger charge is 2.51. The van der Waals surface area contributed by atoms with Gasteiger partial charge in [-0.3, -0.25) is 28.8 Å². The van der Waals surface area contributed by atoms with Gasteiger partial charge in [-0.1, -0.05) is 60.7 Å². The average molecular weight is 689 g/mol. The summed E-state index contributed by atoms with van der Waals surface area (Å²) in [4.78, 5) is 81.7. The lowest BCUT2D eigenvalue weighted by Crippen LogP contribution is -2.65. The van der Waals surface area contributed by atoms with Crippen molar-refractivity contribution in [1.82, 2.24) is 9.80 Å². The Morgan fingerprint density at radius 1 is 0.520 bits per heavy atom. The van der Waals surface area contributed by atoms with Gasteiger partial charge in [0.1, 0.15) is 12.2 Å². The Balaban J connectivity index is 1.23. The molecule has 0 radical (unpaired) electrons. The van der Waals surface area contributed by atoms with Crippen LogP contribution in [0.5, 0.6) is 0 Å². The maximum absolute atomic E-state index is 13.4. The summed E-state index contributed by atoms with van der Waals surface area (Å²) in [6.07, 6.45) is 1.84. The van der Waals surface area contributed by atoms with Crippen LogP contribution in [0.4, 0.5) is 0 Å². The molecule has 0 atom stereocenters. The maximum Gasteiger partial charge on any atom is 0.306 e. The molecule has 10 heteroatoms. The highest BCUT2D eigenvalue weighted by Crippen LogP contribution is 2.41. The minimum atomic E-state index is -0.734. The quantitative estimate of drug-likeness (QED) is 0.113. The van der Waals surface area contributed by atoms with Crippen LogP contribution in [-0.2, 0) is 28.7 Å². The fourth-order valence-corrected chi connectivity index (χ4v) is 8.30. The van der Waals surface area contributed by atoms with Gasteiger partial charge in [0.2, 0.25) is 11.6 Å². The zero-order chi connectivity index (χ0) is 37.1. The Labute approximate surface area is 295 Å². The van der Waals surface area contributed by atoms with Gasteiger partial charge in [-0.15, -0.1) is 0 Å². The number of Topliss-reactive ketones (excluding diaryl/α,β-unsaturated/α-hetero) is 2. The Bertz CT molecular complexity index is 1440. The van der Waals surface area contributed by atoms with Crippen molar-refractivity contribution < 1.29 is 38.2 Å². The lowest BCUT2D eigenvalue weighted by molar-refractivity contribution is -0.168. The SMILES string of the molecule is CC1(C)CC(OC(=O)CCCCC(=O)OC2CC(C)(C)N(C(=O)C(=O)c3ccccc3)C(C)(C)C2)CC(C)(C)N1C(=O)C(=O)c1ccccc1. The Morgan fingerprint density at radius 2 is 0.800 bits per heavy atom. The summed E-state index contributed by atoms with van der Waals surface area (Å²) in [6, 6.07) is 17.0. The fraction of sp³-hybridized carbons (Fsp3) is 0.550. The Hall–Kier alpha value is -4.34. The van der Waals surface area contributed by atoms with E-state index in [1.807, 2.05) is 55.4 Å². The monoisotopic (exact) mass is 688 g/mol. The summed E-state index contributed by atoms with van der Waals surface area (Å²) >= 11 is 0. The van der Waals surface area contributed by atoms with Crippen LogP contribution in [0.25, 0.3) is 0 Å². The topological polar surface area (TPSA) is 127 Å². The Morgan fingerprint density at radius 3 is 1.08 bits per heavy atom. The molecule has 270 valence electrons. The molecule has 0 unspecified atom stereocenters. The van der Waals surface area contributed by atoms with E-state index in [0.29, 0.717) is 49.7 Å². The van der Waals surface area contributed by atoms with Crippen molar-refractivity contribution in [3.63, 3.8) is 0 Å². The largest absolute Gasteiger partial charge is 0.462 e. The van der Waals surface area contributed by atoms with Crippen molar-refractivity contribution in [3.05, 3.63) is 71.8 Å². The fourth-order valence-electron chi connectivity index (χ4n) is 8.30. The van der Waals surface area contributed by atoms with Crippen molar-refractivity contribution in [2.24, 2.45) is 0 Å². The zero-order valence-electron chi connectivity index (χ0n) is 30.7. The third-order valence-corrected chi connectivity index (χ3v) is 9.80. The normalized spacial score (nSPS) is 19.7. The molecule has 4 rings (SSSR count). The molecule has 0 spiro atoms. The molecular formula is C40H52N2O8. The van der Waals surface area contributed by atoms with E-state index in [0.717, 1.165) is 0 Å². The maximum atomic E-state index is 13.4.